The molecule has 0 bridgehead atoms. The second kappa shape index (κ2) is 6.95. The SMILES string of the molecule is CCc1cc(CO)cc(Oc2c(OC)cccc2OC)n1. The lowest BCUT2D eigenvalue weighted by Crippen LogP contribution is -1.99. The number of nitrogens with zero attached hydrogens (tertiary/aromatic N) is 1. The molecule has 5 heteroatoms. The number of hydrogen-bond donors (Lipinski definition) is 1. The summed E-state index contributed by atoms with van der Waals surface area (Å²) < 4.78 is 16.4. The number of pyridine rings is 1. The first-order valence-electron chi connectivity index (χ1n) is 6.71. The van der Waals surface area contributed by atoms with Crippen molar-refractivity contribution in [2.24, 2.45) is 0 Å². The summed E-state index contributed by atoms with van der Waals surface area (Å²) >= 11 is 0. The fourth-order valence-corrected chi connectivity index (χ4v) is 1.97. The fourth-order valence-electron chi connectivity index (χ4n) is 1.97. The Bertz CT molecular complexity index is 569. The predicted octanol–water partition coefficient (Wildman–Crippen LogP) is 2.95. The van der Waals surface area contributed by atoms with Gasteiger partial charge in [-0.05, 0) is 30.2 Å². The molecule has 2 aromatic rings. The number of aromatic nitrogens is 1. The van der Waals surface area contributed by atoms with Crippen LogP contribution < -0.4 is 14.2 Å². The standard InChI is InChI=1S/C16H19NO4/c1-4-12-8-11(10-18)9-15(17-12)21-16-13(19-2)6-5-7-14(16)20-3/h5-9,18H,4,10H2,1-3H3. The summed E-state index contributed by atoms with van der Waals surface area (Å²) in [6, 6.07) is 8.94. The molecule has 1 aromatic heterocycles. The van der Waals surface area contributed by atoms with Gasteiger partial charge < -0.3 is 19.3 Å². The lowest BCUT2D eigenvalue weighted by molar-refractivity contribution is 0.280. The van der Waals surface area contributed by atoms with Crippen molar-refractivity contribution < 1.29 is 19.3 Å². The minimum atomic E-state index is -0.0606. The minimum Gasteiger partial charge on any atom is -0.493 e. The molecule has 0 amide bonds. The van der Waals surface area contributed by atoms with Gasteiger partial charge in [0.15, 0.2) is 11.5 Å². The topological polar surface area (TPSA) is 60.8 Å². The number of para-hydroxylation sites is 1. The van der Waals surface area contributed by atoms with Gasteiger partial charge >= 0.3 is 0 Å². The number of ether oxygens (including phenoxy) is 3. The molecule has 0 saturated heterocycles. The van der Waals surface area contributed by atoms with E-state index < -0.39 is 0 Å². The average Bonchev–Trinajstić information content (AvgIpc) is 2.54. The zero-order chi connectivity index (χ0) is 15.2. The van der Waals surface area contributed by atoms with E-state index in [4.69, 9.17) is 14.2 Å². The van der Waals surface area contributed by atoms with Crippen molar-refractivity contribution in [1.29, 1.82) is 0 Å². The summed E-state index contributed by atoms with van der Waals surface area (Å²) in [5.74, 6) is 1.99. The van der Waals surface area contributed by atoms with E-state index in [1.807, 2.05) is 19.1 Å². The number of hydrogen-bond acceptors (Lipinski definition) is 5. The van der Waals surface area contributed by atoms with Crippen molar-refractivity contribution >= 4 is 0 Å². The third-order valence-electron chi connectivity index (χ3n) is 3.05. The molecule has 0 saturated carbocycles. The Morgan fingerprint density at radius 2 is 1.76 bits per heavy atom. The number of benzene rings is 1. The van der Waals surface area contributed by atoms with E-state index in [1.165, 1.54) is 0 Å². The second-order valence-corrected chi connectivity index (χ2v) is 4.41. The quantitative estimate of drug-likeness (QED) is 0.886. The highest BCUT2D eigenvalue weighted by Crippen LogP contribution is 2.39. The summed E-state index contributed by atoms with van der Waals surface area (Å²) in [7, 11) is 3.13. The van der Waals surface area contributed by atoms with Crippen LogP contribution in [0.1, 0.15) is 18.2 Å². The molecule has 0 aliphatic heterocycles. The fraction of sp³-hybridized carbons (Fsp3) is 0.312. The van der Waals surface area contributed by atoms with Gasteiger partial charge in [-0.15, -0.1) is 0 Å². The first-order chi connectivity index (χ1) is 10.2. The van der Waals surface area contributed by atoms with Crippen molar-refractivity contribution in [2.45, 2.75) is 20.0 Å². The molecule has 0 unspecified atom stereocenters. The van der Waals surface area contributed by atoms with Crippen molar-refractivity contribution in [3.05, 3.63) is 41.6 Å². The molecule has 0 atom stereocenters. The van der Waals surface area contributed by atoms with E-state index in [0.29, 0.717) is 23.1 Å². The Balaban J connectivity index is 2.42. The lowest BCUT2D eigenvalue weighted by Gasteiger charge is -2.14. The van der Waals surface area contributed by atoms with Crippen LogP contribution in [0.3, 0.4) is 0 Å². The monoisotopic (exact) mass is 289 g/mol. The molecule has 1 N–H and O–H groups in total. The van der Waals surface area contributed by atoms with E-state index in [-0.39, 0.29) is 6.61 Å². The zero-order valence-electron chi connectivity index (χ0n) is 12.4. The summed E-state index contributed by atoms with van der Waals surface area (Å²) in [5, 5.41) is 9.32. The summed E-state index contributed by atoms with van der Waals surface area (Å²) in [4.78, 5) is 4.40. The minimum absolute atomic E-state index is 0.0606. The van der Waals surface area contributed by atoms with Gasteiger partial charge in [0.1, 0.15) is 0 Å². The Kier molecular flexibility index (Phi) is 5.00. The van der Waals surface area contributed by atoms with Crippen LogP contribution in [-0.2, 0) is 13.0 Å². The highest BCUT2D eigenvalue weighted by Gasteiger charge is 2.14. The van der Waals surface area contributed by atoms with Crippen LogP contribution >= 0.6 is 0 Å². The van der Waals surface area contributed by atoms with Crippen LogP contribution in [0.2, 0.25) is 0 Å². The number of aliphatic hydroxyl groups is 1. The van der Waals surface area contributed by atoms with Crippen molar-refractivity contribution in [3.63, 3.8) is 0 Å². The van der Waals surface area contributed by atoms with Crippen molar-refractivity contribution in [2.75, 3.05) is 14.2 Å². The van der Waals surface area contributed by atoms with Crippen molar-refractivity contribution in [1.82, 2.24) is 4.98 Å². The van der Waals surface area contributed by atoms with E-state index in [1.54, 1.807) is 32.4 Å². The van der Waals surface area contributed by atoms with Crippen LogP contribution in [-0.4, -0.2) is 24.3 Å². The van der Waals surface area contributed by atoms with Gasteiger partial charge in [-0.3, -0.25) is 0 Å². The normalized spacial score (nSPS) is 10.3. The predicted molar refractivity (Wildman–Crippen MR) is 79.2 cm³/mol. The maximum atomic E-state index is 9.32. The largest absolute Gasteiger partial charge is 0.493 e. The molecule has 0 aliphatic rings. The molecule has 21 heavy (non-hydrogen) atoms. The van der Waals surface area contributed by atoms with Gasteiger partial charge in [0.25, 0.3) is 0 Å². The van der Waals surface area contributed by atoms with Gasteiger partial charge in [-0.1, -0.05) is 13.0 Å². The van der Waals surface area contributed by atoms with Gasteiger partial charge in [-0.2, -0.15) is 0 Å². The van der Waals surface area contributed by atoms with Crippen LogP contribution in [0.15, 0.2) is 30.3 Å². The number of aryl methyl sites for hydroxylation is 1. The van der Waals surface area contributed by atoms with Crippen LogP contribution in [0.25, 0.3) is 0 Å². The van der Waals surface area contributed by atoms with Crippen molar-refractivity contribution in [3.8, 4) is 23.1 Å². The van der Waals surface area contributed by atoms with Gasteiger partial charge in [0.05, 0.1) is 20.8 Å². The maximum absolute atomic E-state index is 9.32. The van der Waals surface area contributed by atoms with Gasteiger partial charge in [0, 0.05) is 11.8 Å². The molecule has 0 aliphatic carbocycles. The Morgan fingerprint density at radius 3 is 2.29 bits per heavy atom. The van der Waals surface area contributed by atoms with Crippen LogP contribution in [0.5, 0.6) is 23.1 Å². The molecule has 0 spiro atoms. The second-order valence-electron chi connectivity index (χ2n) is 4.41. The third-order valence-corrected chi connectivity index (χ3v) is 3.05. The summed E-state index contributed by atoms with van der Waals surface area (Å²) in [6.45, 7) is 1.94. The Hall–Kier alpha value is -2.27. The highest BCUT2D eigenvalue weighted by atomic mass is 16.5. The molecule has 2 rings (SSSR count). The molecule has 112 valence electrons. The van der Waals surface area contributed by atoms with E-state index in [9.17, 15) is 5.11 Å². The van der Waals surface area contributed by atoms with E-state index in [0.717, 1.165) is 17.7 Å². The average molecular weight is 289 g/mol. The molecule has 5 nitrogen and oxygen atoms in total. The zero-order valence-corrected chi connectivity index (χ0v) is 12.4. The molecule has 1 heterocycles. The molecule has 0 fully saturated rings. The van der Waals surface area contributed by atoms with E-state index in [2.05, 4.69) is 4.98 Å². The molecular weight excluding hydrogens is 270 g/mol. The smallest absolute Gasteiger partial charge is 0.220 e. The number of methoxy groups -OCH3 is 2. The Morgan fingerprint density at radius 1 is 1.10 bits per heavy atom. The van der Waals surface area contributed by atoms with Gasteiger partial charge in [-0.25, -0.2) is 4.98 Å². The maximum Gasteiger partial charge on any atom is 0.220 e. The third kappa shape index (κ3) is 3.44. The van der Waals surface area contributed by atoms with E-state index >= 15 is 0 Å². The van der Waals surface area contributed by atoms with Crippen LogP contribution in [0.4, 0.5) is 0 Å². The van der Waals surface area contributed by atoms with Gasteiger partial charge in [0.2, 0.25) is 11.6 Å². The molecule has 1 aromatic carbocycles. The lowest BCUT2D eigenvalue weighted by atomic mass is 10.2. The van der Waals surface area contributed by atoms with Crippen LogP contribution in [0, 0.1) is 0 Å². The number of aliphatic hydroxyl groups excluding tert-OH is 1. The Labute approximate surface area is 124 Å². The first-order valence-corrected chi connectivity index (χ1v) is 6.71. The molecular formula is C16H19NO4. The first kappa shape index (κ1) is 15.1. The summed E-state index contributed by atoms with van der Waals surface area (Å²) in [5.41, 5.74) is 1.61. The molecule has 0 radical (unpaired) electrons. The highest BCUT2D eigenvalue weighted by molar-refractivity contribution is 5.52. The summed E-state index contributed by atoms with van der Waals surface area (Å²) in [6.07, 6.45) is 0.757. The number of rotatable bonds is 6.